The molecule has 0 aliphatic carbocycles. The molecule has 1 unspecified atom stereocenters. The van der Waals surface area contributed by atoms with Gasteiger partial charge in [0.15, 0.2) is 0 Å². The number of rotatable bonds is 7. The van der Waals surface area contributed by atoms with Crippen molar-refractivity contribution in [2.75, 3.05) is 26.2 Å². The van der Waals surface area contributed by atoms with E-state index in [0.717, 1.165) is 37.4 Å². The number of imidazole rings is 1. The molecule has 4 heteroatoms. The Bertz CT molecular complexity index is 1120. The van der Waals surface area contributed by atoms with Crippen LogP contribution in [0.4, 0.5) is 0 Å². The van der Waals surface area contributed by atoms with Gasteiger partial charge in [-0.2, -0.15) is 0 Å². The van der Waals surface area contributed by atoms with Crippen LogP contribution >= 0.6 is 0 Å². The van der Waals surface area contributed by atoms with Crippen LogP contribution in [0.2, 0.25) is 0 Å². The summed E-state index contributed by atoms with van der Waals surface area (Å²) in [6, 6.07) is 32.6. The summed E-state index contributed by atoms with van der Waals surface area (Å²) in [5, 5.41) is 3.57. The summed E-state index contributed by atoms with van der Waals surface area (Å²) in [5.74, 6) is 0.454. The molecule has 174 valence electrons. The minimum Gasteiger partial charge on any atom is -0.346 e. The van der Waals surface area contributed by atoms with Crippen LogP contribution in [-0.4, -0.2) is 41.0 Å². The van der Waals surface area contributed by atoms with Crippen molar-refractivity contribution in [3.63, 3.8) is 0 Å². The number of nitrogens with one attached hydrogen (secondary N) is 2. The largest absolute Gasteiger partial charge is 0.346 e. The van der Waals surface area contributed by atoms with Crippen LogP contribution in [0.3, 0.4) is 0 Å². The molecule has 1 saturated heterocycles. The second-order valence-corrected chi connectivity index (χ2v) is 9.46. The Morgan fingerprint density at radius 2 is 1.29 bits per heavy atom. The van der Waals surface area contributed by atoms with Gasteiger partial charge in [0.25, 0.3) is 0 Å². The van der Waals surface area contributed by atoms with Crippen LogP contribution < -0.4 is 5.32 Å². The van der Waals surface area contributed by atoms with Gasteiger partial charge >= 0.3 is 0 Å². The maximum absolute atomic E-state index is 4.90. The van der Waals surface area contributed by atoms with Crippen molar-refractivity contribution in [2.24, 2.45) is 5.92 Å². The third-order valence-corrected chi connectivity index (χ3v) is 7.31. The van der Waals surface area contributed by atoms with Gasteiger partial charge in [0.05, 0.1) is 23.3 Å². The van der Waals surface area contributed by atoms with Crippen molar-refractivity contribution < 1.29 is 0 Å². The van der Waals surface area contributed by atoms with Gasteiger partial charge in [-0.25, -0.2) is 4.98 Å². The first kappa shape index (κ1) is 22.6. The Kier molecular flexibility index (Phi) is 6.61. The molecule has 4 nitrogen and oxygen atoms in total. The summed E-state index contributed by atoms with van der Waals surface area (Å²) < 4.78 is 0. The fourth-order valence-corrected chi connectivity index (χ4v) is 5.91. The molecule has 5 rings (SSSR count). The zero-order valence-corrected chi connectivity index (χ0v) is 20.1. The molecule has 1 fully saturated rings. The maximum Gasteiger partial charge on any atom is 0.0932 e. The highest BCUT2D eigenvalue weighted by Gasteiger charge is 2.51. The summed E-state index contributed by atoms with van der Waals surface area (Å²) in [7, 11) is 0. The minimum absolute atomic E-state index is 0.135. The average molecular weight is 451 g/mol. The number of aromatic nitrogens is 2. The lowest BCUT2D eigenvalue weighted by Gasteiger charge is -2.53. The van der Waals surface area contributed by atoms with Crippen molar-refractivity contribution >= 4 is 0 Å². The lowest BCUT2D eigenvalue weighted by molar-refractivity contribution is 0.0118. The number of hydrogen-bond donors (Lipinski definition) is 2. The zero-order valence-electron chi connectivity index (χ0n) is 20.1. The van der Waals surface area contributed by atoms with E-state index in [2.05, 4.69) is 120 Å². The predicted octanol–water partition coefficient (Wildman–Crippen LogP) is 5.67. The number of piperazine rings is 1. The molecule has 34 heavy (non-hydrogen) atoms. The van der Waals surface area contributed by atoms with Gasteiger partial charge in [0.1, 0.15) is 0 Å². The lowest BCUT2D eigenvalue weighted by atomic mass is 9.65. The van der Waals surface area contributed by atoms with Crippen molar-refractivity contribution in [2.45, 2.75) is 25.3 Å². The van der Waals surface area contributed by atoms with Crippen LogP contribution in [0, 0.1) is 5.92 Å². The Morgan fingerprint density at radius 3 is 1.82 bits per heavy atom. The highest BCUT2D eigenvalue weighted by atomic mass is 15.3. The lowest BCUT2D eigenvalue weighted by Crippen LogP contribution is -2.60. The monoisotopic (exact) mass is 450 g/mol. The Morgan fingerprint density at radius 1 is 0.765 bits per heavy atom. The van der Waals surface area contributed by atoms with Gasteiger partial charge in [0, 0.05) is 37.7 Å². The molecule has 2 N–H and O–H groups in total. The zero-order chi connectivity index (χ0) is 23.4. The molecule has 1 atom stereocenters. The van der Waals surface area contributed by atoms with Gasteiger partial charge in [-0.15, -0.1) is 0 Å². The molecular formula is C30H34N4. The quantitative estimate of drug-likeness (QED) is 0.382. The van der Waals surface area contributed by atoms with Crippen LogP contribution in [0.15, 0.2) is 97.3 Å². The third kappa shape index (κ3) is 3.97. The van der Waals surface area contributed by atoms with E-state index in [4.69, 9.17) is 4.98 Å². The maximum atomic E-state index is 4.90. The summed E-state index contributed by atoms with van der Waals surface area (Å²) in [4.78, 5) is 11.3. The van der Waals surface area contributed by atoms with Gasteiger partial charge < -0.3 is 10.3 Å². The molecule has 0 amide bonds. The first-order chi connectivity index (χ1) is 16.7. The topological polar surface area (TPSA) is 44.0 Å². The Labute approximate surface area is 203 Å². The second kappa shape index (κ2) is 9.96. The first-order valence-electron chi connectivity index (χ1n) is 12.4. The van der Waals surface area contributed by atoms with Gasteiger partial charge in [-0.1, -0.05) is 105 Å². The molecule has 0 radical (unpaired) electrons. The van der Waals surface area contributed by atoms with Crippen molar-refractivity contribution in [1.29, 1.82) is 0 Å². The summed E-state index contributed by atoms with van der Waals surface area (Å²) in [6.07, 6.45) is 1.88. The van der Waals surface area contributed by atoms with Crippen molar-refractivity contribution in [1.82, 2.24) is 20.2 Å². The third-order valence-electron chi connectivity index (χ3n) is 7.31. The van der Waals surface area contributed by atoms with Crippen LogP contribution in [0.25, 0.3) is 11.3 Å². The fraction of sp³-hybridized carbons (Fsp3) is 0.300. The van der Waals surface area contributed by atoms with Crippen molar-refractivity contribution in [3.8, 4) is 11.3 Å². The van der Waals surface area contributed by atoms with E-state index in [1.807, 2.05) is 6.33 Å². The average Bonchev–Trinajstić information content (AvgIpc) is 3.39. The molecule has 0 spiro atoms. The standard InChI is InChI=1S/C30H34N4/c1-23(2)30(34-20-18-31-19-21-34,29-28(32-22-33-29)26-16-10-5-11-17-26)27(24-12-6-3-7-13-24)25-14-8-4-9-15-25/h3-17,22-23,27,31H,18-21H2,1-2H3,(H,32,33). The molecule has 4 aromatic rings. The molecule has 1 aliphatic heterocycles. The normalized spacial score (nSPS) is 16.6. The molecule has 3 aromatic carbocycles. The number of aromatic amines is 1. The molecule has 2 heterocycles. The number of hydrogen-bond acceptors (Lipinski definition) is 3. The Balaban J connectivity index is 1.82. The van der Waals surface area contributed by atoms with Gasteiger partial charge in [-0.3, -0.25) is 4.90 Å². The van der Waals surface area contributed by atoms with Crippen molar-refractivity contribution in [3.05, 3.63) is 114 Å². The summed E-state index contributed by atoms with van der Waals surface area (Å²) in [5.41, 5.74) is 5.74. The minimum atomic E-state index is -0.313. The van der Waals surface area contributed by atoms with E-state index in [1.165, 1.54) is 16.8 Å². The highest BCUT2D eigenvalue weighted by molar-refractivity contribution is 5.64. The number of H-pyrrole nitrogens is 1. The summed E-state index contributed by atoms with van der Waals surface area (Å²) in [6.45, 7) is 8.69. The van der Waals surface area contributed by atoms with E-state index >= 15 is 0 Å². The van der Waals surface area contributed by atoms with E-state index < -0.39 is 0 Å². The van der Waals surface area contributed by atoms with Crippen LogP contribution in [-0.2, 0) is 5.54 Å². The fourth-order valence-electron chi connectivity index (χ4n) is 5.91. The molecule has 0 saturated carbocycles. The molecular weight excluding hydrogens is 416 g/mol. The van der Waals surface area contributed by atoms with Gasteiger partial charge in [-0.05, 0) is 17.0 Å². The van der Waals surface area contributed by atoms with Crippen LogP contribution in [0.5, 0.6) is 0 Å². The predicted molar refractivity (Wildman–Crippen MR) is 140 cm³/mol. The molecule has 1 aromatic heterocycles. The highest BCUT2D eigenvalue weighted by Crippen LogP contribution is 2.52. The van der Waals surface area contributed by atoms with E-state index in [-0.39, 0.29) is 11.5 Å². The SMILES string of the molecule is CC(C)C(c1[nH]cnc1-c1ccccc1)(C(c1ccccc1)c1ccccc1)N1CCNCC1. The molecule has 1 aliphatic rings. The first-order valence-corrected chi connectivity index (χ1v) is 12.4. The molecule has 0 bridgehead atoms. The number of benzene rings is 3. The summed E-state index contributed by atoms with van der Waals surface area (Å²) >= 11 is 0. The van der Waals surface area contributed by atoms with Crippen LogP contribution in [0.1, 0.15) is 36.6 Å². The van der Waals surface area contributed by atoms with Gasteiger partial charge in [0.2, 0.25) is 0 Å². The second-order valence-electron chi connectivity index (χ2n) is 9.46. The van der Waals surface area contributed by atoms with E-state index in [1.54, 1.807) is 0 Å². The Hall–Kier alpha value is -3.21. The smallest absolute Gasteiger partial charge is 0.0932 e. The number of nitrogens with zero attached hydrogens (tertiary/aromatic N) is 2. The van der Waals surface area contributed by atoms with E-state index in [9.17, 15) is 0 Å². The van der Waals surface area contributed by atoms with E-state index in [0.29, 0.717) is 5.92 Å².